The maximum absolute atomic E-state index is 14.8. The number of hydrogen-bond donors (Lipinski definition) is 0. The molecule has 0 aliphatic rings. The van der Waals surface area contributed by atoms with Gasteiger partial charge in [0, 0.05) is 5.56 Å². The lowest BCUT2D eigenvalue weighted by Gasteiger charge is -2.11. The second kappa shape index (κ2) is 15.3. The first-order valence-electron chi connectivity index (χ1n) is 13.6. The van der Waals surface area contributed by atoms with E-state index in [2.05, 4.69) is 6.92 Å². The van der Waals surface area contributed by atoms with Gasteiger partial charge in [-0.15, -0.1) is 0 Å². The Morgan fingerprint density at radius 1 is 0.528 bits per heavy atom. The SMILES string of the molecule is CCCCCCCCCCCCOc1ccc(-c2ccc(-c3ccc(OCC)cc3)cc2)c(F)c1F. The Hall–Kier alpha value is -2.88. The van der Waals surface area contributed by atoms with Crippen LogP contribution in [0.5, 0.6) is 11.5 Å². The van der Waals surface area contributed by atoms with Crippen molar-refractivity contribution < 1.29 is 18.3 Å². The minimum absolute atomic E-state index is 0.0156. The van der Waals surface area contributed by atoms with Gasteiger partial charge in [-0.05, 0) is 54.3 Å². The summed E-state index contributed by atoms with van der Waals surface area (Å²) < 4.78 is 40.6. The zero-order valence-electron chi connectivity index (χ0n) is 21.8. The van der Waals surface area contributed by atoms with Crippen LogP contribution < -0.4 is 9.47 Å². The highest BCUT2D eigenvalue weighted by Gasteiger charge is 2.16. The molecule has 3 rings (SSSR count). The summed E-state index contributed by atoms with van der Waals surface area (Å²) in [5, 5.41) is 0. The second-order valence-electron chi connectivity index (χ2n) is 9.30. The highest BCUT2D eigenvalue weighted by molar-refractivity contribution is 5.71. The molecule has 0 N–H and O–H groups in total. The summed E-state index contributed by atoms with van der Waals surface area (Å²) in [7, 11) is 0. The Bertz CT molecular complexity index is 1030. The van der Waals surface area contributed by atoms with E-state index in [1.807, 2.05) is 55.5 Å². The molecule has 0 bridgehead atoms. The van der Waals surface area contributed by atoms with E-state index in [0.29, 0.717) is 18.8 Å². The Morgan fingerprint density at radius 3 is 1.64 bits per heavy atom. The molecule has 0 unspecified atom stereocenters. The van der Waals surface area contributed by atoms with Crippen LogP contribution in [0.4, 0.5) is 8.78 Å². The number of hydrogen-bond acceptors (Lipinski definition) is 2. The molecule has 2 nitrogen and oxygen atoms in total. The predicted octanol–water partition coefficient (Wildman–Crippen LogP) is 10.00. The van der Waals surface area contributed by atoms with E-state index in [1.54, 1.807) is 6.07 Å². The van der Waals surface area contributed by atoms with Crippen molar-refractivity contribution in [3.8, 4) is 33.8 Å². The van der Waals surface area contributed by atoms with E-state index in [4.69, 9.17) is 9.47 Å². The molecule has 0 saturated carbocycles. The third kappa shape index (κ3) is 8.36. The van der Waals surface area contributed by atoms with Gasteiger partial charge >= 0.3 is 0 Å². The van der Waals surface area contributed by atoms with Crippen LogP contribution in [0.1, 0.15) is 78.1 Å². The summed E-state index contributed by atoms with van der Waals surface area (Å²) in [6.45, 7) is 5.22. The standard InChI is InChI=1S/C32H40F2O2/c1-3-5-6-7-8-9-10-11-12-13-24-36-30-23-22-29(31(33)32(30)34)27-16-14-25(15-17-27)26-18-20-28(21-19-26)35-4-2/h14-23H,3-13,24H2,1-2H3. The Kier molecular flexibility index (Phi) is 11.8. The number of halogens is 2. The van der Waals surface area contributed by atoms with Crippen LogP contribution in [-0.2, 0) is 0 Å². The molecule has 36 heavy (non-hydrogen) atoms. The van der Waals surface area contributed by atoms with Crippen LogP contribution in [0.3, 0.4) is 0 Å². The minimum Gasteiger partial charge on any atom is -0.494 e. The second-order valence-corrected chi connectivity index (χ2v) is 9.30. The lowest BCUT2D eigenvalue weighted by Crippen LogP contribution is -2.01. The van der Waals surface area contributed by atoms with Crippen molar-refractivity contribution in [2.45, 2.75) is 78.1 Å². The van der Waals surface area contributed by atoms with Crippen molar-refractivity contribution in [3.63, 3.8) is 0 Å². The highest BCUT2D eigenvalue weighted by Crippen LogP contribution is 2.32. The largest absolute Gasteiger partial charge is 0.494 e. The molecule has 0 aliphatic heterocycles. The first-order valence-corrected chi connectivity index (χ1v) is 13.6. The number of ether oxygens (including phenoxy) is 2. The zero-order chi connectivity index (χ0) is 25.6. The average Bonchev–Trinajstić information content (AvgIpc) is 2.90. The molecular formula is C32H40F2O2. The van der Waals surface area contributed by atoms with Crippen molar-refractivity contribution >= 4 is 0 Å². The minimum atomic E-state index is -0.921. The fourth-order valence-electron chi connectivity index (χ4n) is 4.39. The molecule has 4 heteroatoms. The molecule has 0 spiro atoms. The van der Waals surface area contributed by atoms with Crippen LogP contribution in [0, 0.1) is 11.6 Å². The molecule has 0 amide bonds. The fraction of sp³-hybridized carbons (Fsp3) is 0.438. The maximum Gasteiger partial charge on any atom is 0.201 e. The van der Waals surface area contributed by atoms with Gasteiger partial charge in [-0.25, -0.2) is 4.39 Å². The summed E-state index contributed by atoms with van der Waals surface area (Å²) in [6.07, 6.45) is 12.2. The summed E-state index contributed by atoms with van der Waals surface area (Å²) in [5.41, 5.74) is 2.89. The Balaban J connectivity index is 1.47. The predicted molar refractivity (Wildman–Crippen MR) is 146 cm³/mol. The maximum atomic E-state index is 14.8. The van der Waals surface area contributed by atoms with Gasteiger partial charge in [-0.2, -0.15) is 4.39 Å². The smallest absolute Gasteiger partial charge is 0.201 e. The number of benzene rings is 3. The molecular weight excluding hydrogens is 454 g/mol. The first kappa shape index (κ1) is 27.7. The quantitative estimate of drug-likeness (QED) is 0.184. The zero-order valence-corrected chi connectivity index (χ0v) is 21.8. The van der Waals surface area contributed by atoms with E-state index in [-0.39, 0.29) is 11.3 Å². The Morgan fingerprint density at radius 2 is 1.06 bits per heavy atom. The van der Waals surface area contributed by atoms with E-state index in [0.717, 1.165) is 29.7 Å². The van der Waals surface area contributed by atoms with Crippen LogP contribution >= 0.6 is 0 Å². The third-order valence-corrected chi connectivity index (χ3v) is 6.50. The molecule has 0 radical (unpaired) electrons. The van der Waals surface area contributed by atoms with E-state index in [9.17, 15) is 8.78 Å². The molecule has 3 aromatic rings. The summed E-state index contributed by atoms with van der Waals surface area (Å²) in [4.78, 5) is 0. The highest BCUT2D eigenvalue weighted by atomic mass is 19.2. The average molecular weight is 495 g/mol. The van der Waals surface area contributed by atoms with Crippen molar-refractivity contribution in [2.75, 3.05) is 13.2 Å². The van der Waals surface area contributed by atoms with Gasteiger partial charge < -0.3 is 9.47 Å². The van der Waals surface area contributed by atoms with Gasteiger partial charge in [0.2, 0.25) is 5.82 Å². The molecule has 0 aromatic heterocycles. The lowest BCUT2D eigenvalue weighted by atomic mass is 9.99. The normalized spacial score (nSPS) is 11.0. The molecule has 0 saturated heterocycles. The third-order valence-electron chi connectivity index (χ3n) is 6.50. The van der Waals surface area contributed by atoms with Crippen molar-refractivity contribution in [1.82, 2.24) is 0 Å². The van der Waals surface area contributed by atoms with Crippen LogP contribution in [0.15, 0.2) is 60.7 Å². The van der Waals surface area contributed by atoms with E-state index in [1.165, 1.54) is 57.4 Å². The Labute approximate surface area is 215 Å². The summed E-state index contributed by atoms with van der Waals surface area (Å²) in [6, 6.07) is 18.4. The van der Waals surface area contributed by atoms with Crippen molar-refractivity contribution in [1.29, 1.82) is 0 Å². The van der Waals surface area contributed by atoms with E-state index >= 15 is 0 Å². The van der Waals surface area contributed by atoms with Gasteiger partial charge in [0.1, 0.15) is 5.75 Å². The van der Waals surface area contributed by atoms with E-state index < -0.39 is 11.6 Å². The molecule has 0 heterocycles. The molecule has 0 fully saturated rings. The van der Waals surface area contributed by atoms with Gasteiger partial charge in [0.05, 0.1) is 13.2 Å². The summed E-state index contributed by atoms with van der Waals surface area (Å²) >= 11 is 0. The number of rotatable bonds is 16. The molecule has 3 aromatic carbocycles. The lowest BCUT2D eigenvalue weighted by molar-refractivity contribution is 0.285. The topological polar surface area (TPSA) is 18.5 Å². The van der Waals surface area contributed by atoms with Crippen LogP contribution in [0.25, 0.3) is 22.3 Å². The molecule has 0 atom stereocenters. The first-order chi connectivity index (χ1) is 17.6. The van der Waals surface area contributed by atoms with Crippen LogP contribution in [0.2, 0.25) is 0 Å². The molecule has 194 valence electrons. The van der Waals surface area contributed by atoms with Gasteiger partial charge in [-0.3, -0.25) is 0 Å². The molecule has 0 aliphatic carbocycles. The van der Waals surface area contributed by atoms with Crippen molar-refractivity contribution in [2.24, 2.45) is 0 Å². The van der Waals surface area contributed by atoms with Crippen LogP contribution in [-0.4, -0.2) is 13.2 Å². The van der Waals surface area contributed by atoms with Crippen molar-refractivity contribution in [3.05, 3.63) is 72.3 Å². The van der Waals surface area contributed by atoms with Gasteiger partial charge in [-0.1, -0.05) is 101 Å². The summed E-state index contributed by atoms with van der Waals surface area (Å²) in [5.74, 6) is -0.983. The van der Waals surface area contributed by atoms with Gasteiger partial charge in [0.15, 0.2) is 11.6 Å². The van der Waals surface area contributed by atoms with Gasteiger partial charge in [0.25, 0.3) is 0 Å². The number of unbranched alkanes of at least 4 members (excludes halogenated alkanes) is 9. The fourth-order valence-corrected chi connectivity index (χ4v) is 4.39. The monoisotopic (exact) mass is 494 g/mol.